The molecule has 0 bridgehead atoms. The highest BCUT2D eigenvalue weighted by atomic mass is 35.5. The fraction of sp³-hybridized carbons (Fsp3) is 0.268. The molecule has 53 heavy (non-hydrogen) atoms. The van der Waals surface area contributed by atoms with Gasteiger partial charge in [0, 0.05) is 65.1 Å². The standard InChI is InChI=1S/C41H40Cl2N6O3S/c1-25-9-8-20-49-38(27-13-15-28(42)16-14-27)31-23-29(43)24-33-35(31)36(39(49)34(25)26-10-5-4-6-11-26)37(45-33)41(50)46-32-12-7-19-44-40(32)48-21-17-30(18-22-48)47(2)53(3,51)52/h4-8,10-16,19-20,23-25,30,38,45H,9,17-18,21-22H2,1-3H3,(H,46,50). The van der Waals surface area contributed by atoms with Crippen molar-refractivity contribution in [1.29, 1.82) is 0 Å². The van der Waals surface area contributed by atoms with E-state index < -0.39 is 10.0 Å². The Kier molecular flexibility index (Phi) is 9.35. The lowest BCUT2D eigenvalue weighted by molar-refractivity contribution is 0.102. The van der Waals surface area contributed by atoms with Gasteiger partial charge < -0.3 is 20.1 Å². The lowest BCUT2D eigenvalue weighted by Crippen LogP contribution is -2.45. The number of benzene rings is 3. The number of hydrogen-bond donors (Lipinski definition) is 2. The molecule has 2 unspecified atom stereocenters. The minimum Gasteiger partial charge on any atom is -0.355 e. The average molecular weight is 768 g/mol. The van der Waals surface area contributed by atoms with Crippen molar-refractivity contribution in [3.63, 3.8) is 0 Å². The van der Waals surface area contributed by atoms with Crippen molar-refractivity contribution < 1.29 is 13.2 Å². The quantitative estimate of drug-likeness (QED) is 0.172. The maximum atomic E-state index is 14.8. The Labute approximate surface area is 320 Å². The number of anilines is 2. The zero-order chi connectivity index (χ0) is 37.0. The third-order valence-electron chi connectivity index (χ3n) is 10.8. The number of sulfonamides is 1. The van der Waals surface area contributed by atoms with Crippen molar-refractivity contribution >= 4 is 72.8 Å². The summed E-state index contributed by atoms with van der Waals surface area (Å²) in [5, 5.41) is 5.38. The number of nitrogens with zero attached hydrogens (tertiary/aromatic N) is 4. The van der Waals surface area contributed by atoms with Gasteiger partial charge in [-0.2, -0.15) is 0 Å². The molecule has 0 aliphatic carbocycles. The Hall–Kier alpha value is -4.61. The summed E-state index contributed by atoms with van der Waals surface area (Å²) in [7, 11) is -1.67. The van der Waals surface area contributed by atoms with Crippen molar-refractivity contribution in [3.8, 4) is 0 Å². The molecule has 5 aromatic rings. The second-order valence-corrected chi connectivity index (χ2v) is 17.0. The summed E-state index contributed by atoms with van der Waals surface area (Å²) >= 11 is 13.2. The van der Waals surface area contributed by atoms with Gasteiger partial charge >= 0.3 is 0 Å². The first-order valence-corrected chi connectivity index (χ1v) is 20.4. The van der Waals surface area contributed by atoms with Crippen LogP contribution < -0.4 is 10.2 Å². The van der Waals surface area contributed by atoms with Gasteiger partial charge in [-0.25, -0.2) is 17.7 Å². The Morgan fingerprint density at radius 2 is 1.72 bits per heavy atom. The second kappa shape index (κ2) is 14.0. The topological polar surface area (TPSA) is 102 Å². The van der Waals surface area contributed by atoms with Gasteiger partial charge in [0.15, 0.2) is 5.82 Å². The van der Waals surface area contributed by atoms with Crippen molar-refractivity contribution in [2.45, 2.75) is 38.3 Å². The SMILES string of the molecule is CC1CC=CN2C(=C1c1ccccc1)c1c(C(=O)Nc3cccnc3N3CCC(N(C)S(C)(=O)=O)CC3)[nH]c3cc(Cl)cc(c13)C2c1ccc(Cl)cc1. The number of pyridine rings is 1. The van der Waals surface area contributed by atoms with Crippen LogP contribution in [-0.2, 0) is 10.0 Å². The van der Waals surface area contributed by atoms with E-state index in [1.54, 1.807) is 13.2 Å². The lowest BCUT2D eigenvalue weighted by Gasteiger charge is -2.39. The lowest BCUT2D eigenvalue weighted by atomic mass is 9.82. The van der Waals surface area contributed by atoms with Gasteiger partial charge in [0.05, 0.1) is 23.7 Å². The van der Waals surface area contributed by atoms with Gasteiger partial charge in [0.1, 0.15) is 5.69 Å². The maximum absolute atomic E-state index is 14.8. The highest BCUT2D eigenvalue weighted by Gasteiger charge is 2.40. The van der Waals surface area contributed by atoms with Crippen LogP contribution in [0.4, 0.5) is 11.5 Å². The van der Waals surface area contributed by atoms with Gasteiger partial charge in [-0.3, -0.25) is 4.79 Å². The molecule has 0 saturated carbocycles. The summed E-state index contributed by atoms with van der Waals surface area (Å²) in [6.45, 7) is 3.44. The highest BCUT2D eigenvalue weighted by Crippen LogP contribution is 2.53. The highest BCUT2D eigenvalue weighted by molar-refractivity contribution is 7.88. The van der Waals surface area contributed by atoms with E-state index in [-0.39, 0.29) is 23.9 Å². The molecule has 2 N–H and O–H groups in total. The van der Waals surface area contributed by atoms with Crippen molar-refractivity contribution in [1.82, 2.24) is 19.2 Å². The summed E-state index contributed by atoms with van der Waals surface area (Å²) in [5.74, 6) is 0.489. The fourth-order valence-corrected chi connectivity index (χ4v) is 9.30. The van der Waals surface area contributed by atoms with Crippen LogP contribution in [0.1, 0.15) is 65.0 Å². The van der Waals surface area contributed by atoms with E-state index in [9.17, 15) is 13.2 Å². The molecule has 5 heterocycles. The molecule has 1 saturated heterocycles. The van der Waals surface area contributed by atoms with E-state index in [2.05, 4.69) is 75.7 Å². The first-order chi connectivity index (χ1) is 25.5. The number of carbonyl (C=O) groups is 1. The molecule has 2 aromatic heterocycles. The number of halogens is 2. The van der Waals surface area contributed by atoms with Crippen LogP contribution in [0.2, 0.25) is 10.0 Å². The molecule has 1 fully saturated rings. The van der Waals surface area contributed by atoms with Crippen LogP contribution in [-0.4, -0.2) is 65.9 Å². The summed E-state index contributed by atoms with van der Waals surface area (Å²) in [5.41, 5.74) is 7.84. The zero-order valence-corrected chi connectivity index (χ0v) is 32.0. The molecule has 9 nitrogen and oxygen atoms in total. The summed E-state index contributed by atoms with van der Waals surface area (Å²) in [6.07, 6.45) is 9.43. The molecule has 0 radical (unpaired) electrons. The fourth-order valence-electron chi connectivity index (χ4n) is 8.19. The van der Waals surface area contributed by atoms with E-state index in [0.29, 0.717) is 53.2 Å². The van der Waals surface area contributed by atoms with Crippen LogP contribution in [0.25, 0.3) is 22.2 Å². The molecule has 2 atom stereocenters. The van der Waals surface area contributed by atoms with Gasteiger partial charge in [-0.05, 0) is 83.8 Å². The van der Waals surface area contributed by atoms with Gasteiger partial charge in [-0.15, -0.1) is 0 Å². The van der Waals surface area contributed by atoms with E-state index in [1.807, 2.05) is 42.5 Å². The number of nitrogens with one attached hydrogen (secondary N) is 2. The summed E-state index contributed by atoms with van der Waals surface area (Å²) in [6, 6.07) is 25.6. The van der Waals surface area contributed by atoms with Crippen LogP contribution in [0, 0.1) is 5.92 Å². The number of carbonyl (C=O) groups excluding carboxylic acids is 1. The molecule has 12 heteroatoms. The number of aromatic amines is 1. The third-order valence-corrected chi connectivity index (χ3v) is 12.6. The number of aromatic nitrogens is 2. The normalized spacial score (nSPS) is 19.1. The smallest absolute Gasteiger partial charge is 0.272 e. The average Bonchev–Trinajstić information content (AvgIpc) is 3.44. The molecule has 3 aliphatic rings. The predicted octanol–water partition coefficient (Wildman–Crippen LogP) is 8.81. The molecule has 8 rings (SSSR count). The Balaban J connectivity index is 1.27. The molecule has 0 spiro atoms. The molecular formula is C41H40Cl2N6O3S. The maximum Gasteiger partial charge on any atom is 0.272 e. The van der Waals surface area contributed by atoms with Crippen molar-refractivity contribution in [2.24, 2.45) is 5.92 Å². The Morgan fingerprint density at radius 3 is 2.43 bits per heavy atom. The van der Waals surface area contributed by atoms with Crippen molar-refractivity contribution in [2.75, 3.05) is 36.6 Å². The number of rotatable bonds is 7. The van der Waals surface area contributed by atoms with Crippen LogP contribution in [0.5, 0.6) is 0 Å². The molecule has 1 amide bonds. The second-order valence-electron chi connectivity index (χ2n) is 14.1. The minimum absolute atomic E-state index is 0.0915. The molecule has 272 valence electrons. The number of H-pyrrole nitrogens is 1. The number of fused-ring (bicyclic) bond motifs is 2. The third kappa shape index (κ3) is 6.52. The first-order valence-electron chi connectivity index (χ1n) is 17.8. The molecular weight excluding hydrogens is 727 g/mol. The first kappa shape index (κ1) is 35.4. The minimum atomic E-state index is -3.30. The zero-order valence-electron chi connectivity index (χ0n) is 29.7. The van der Waals surface area contributed by atoms with Gasteiger partial charge in [0.2, 0.25) is 10.0 Å². The number of hydrogen-bond acceptors (Lipinski definition) is 6. The van der Waals surface area contributed by atoms with Crippen molar-refractivity contribution in [3.05, 3.63) is 135 Å². The largest absolute Gasteiger partial charge is 0.355 e. The van der Waals surface area contributed by atoms with Crippen LogP contribution in [0.15, 0.2) is 97.3 Å². The summed E-state index contributed by atoms with van der Waals surface area (Å²) < 4.78 is 25.9. The van der Waals surface area contributed by atoms with Gasteiger partial charge in [-0.1, -0.05) is 78.7 Å². The Morgan fingerprint density at radius 1 is 0.981 bits per heavy atom. The van der Waals surface area contributed by atoms with Crippen LogP contribution in [0.3, 0.4) is 0 Å². The van der Waals surface area contributed by atoms with E-state index >= 15 is 0 Å². The van der Waals surface area contributed by atoms with E-state index in [1.165, 1.54) is 10.6 Å². The monoisotopic (exact) mass is 766 g/mol. The van der Waals surface area contributed by atoms with E-state index in [0.717, 1.165) is 50.8 Å². The van der Waals surface area contributed by atoms with Gasteiger partial charge in [0.25, 0.3) is 5.91 Å². The molecule has 3 aliphatic heterocycles. The number of piperidine rings is 1. The summed E-state index contributed by atoms with van der Waals surface area (Å²) in [4.78, 5) is 27.4. The number of amides is 1. The molecule has 3 aromatic carbocycles. The predicted molar refractivity (Wildman–Crippen MR) is 215 cm³/mol. The van der Waals surface area contributed by atoms with E-state index in [4.69, 9.17) is 28.2 Å². The number of allylic oxidation sites excluding steroid dienone is 2. The van der Waals surface area contributed by atoms with Crippen LogP contribution >= 0.6 is 23.2 Å². The Bertz CT molecular complexity index is 2390.